The minimum absolute atomic E-state index is 0.0539. The van der Waals surface area contributed by atoms with Gasteiger partial charge in [0, 0.05) is 5.56 Å². The van der Waals surface area contributed by atoms with Crippen LogP contribution in [0.3, 0.4) is 0 Å². The zero-order valence-electron chi connectivity index (χ0n) is 14.6. The molecular weight excluding hydrogens is 324 g/mol. The van der Waals surface area contributed by atoms with Crippen LogP contribution in [0.2, 0.25) is 0 Å². The molecule has 2 aromatic heterocycles. The van der Waals surface area contributed by atoms with Crippen LogP contribution in [-0.4, -0.2) is 24.5 Å². The van der Waals surface area contributed by atoms with Crippen molar-refractivity contribution in [2.75, 3.05) is 5.32 Å². The summed E-state index contributed by atoms with van der Waals surface area (Å²) in [5, 5.41) is 12.7. The van der Waals surface area contributed by atoms with E-state index in [0.29, 0.717) is 0 Å². The topological polar surface area (TPSA) is 60.6 Å². The second-order valence-corrected chi connectivity index (χ2v) is 6.56. The van der Waals surface area contributed by atoms with Gasteiger partial charge in [-0.3, -0.25) is 0 Å². The molecule has 0 fully saturated rings. The molecule has 5 rings (SSSR count). The molecule has 0 aliphatic carbocycles. The number of para-hydroxylation sites is 1. The number of anilines is 2. The SMILES string of the molecule is Cc1ccc(C2c3c(C)nn(-c4ccccc4)c3Nc3ncnn32)cc1. The summed E-state index contributed by atoms with van der Waals surface area (Å²) in [7, 11) is 0. The number of aromatic nitrogens is 5. The molecular formula is C20H18N6. The average Bonchev–Trinajstić information content (AvgIpc) is 3.26. The fourth-order valence-corrected chi connectivity index (χ4v) is 3.56. The third-order valence-electron chi connectivity index (χ3n) is 4.82. The second-order valence-electron chi connectivity index (χ2n) is 6.56. The molecule has 128 valence electrons. The van der Waals surface area contributed by atoms with Crippen LogP contribution in [0.1, 0.15) is 28.4 Å². The Hall–Kier alpha value is -3.41. The molecule has 0 saturated heterocycles. The van der Waals surface area contributed by atoms with Crippen LogP contribution in [0.5, 0.6) is 0 Å². The summed E-state index contributed by atoms with van der Waals surface area (Å²) < 4.78 is 3.88. The number of hydrogen-bond acceptors (Lipinski definition) is 4. The maximum absolute atomic E-state index is 4.80. The van der Waals surface area contributed by atoms with E-state index < -0.39 is 0 Å². The Morgan fingerprint density at radius 1 is 0.962 bits per heavy atom. The van der Waals surface area contributed by atoms with Gasteiger partial charge in [0.15, 0.2) is 0 Å². The third kappa shape index (κ3) is 2.15. The Bertz CT molecular complexity index is 1080. The summed E-state index contributed by atoms with van der Waals surface area (Å²) in [4.78, 5) is 4.39. The normalized spacial score (nSPS) is 15.2. The van der Waals surface area contributed by atoms with E-state index in [9.17, 15) is 0 Å². The molecule has 0 saturated carbocycles. The maximum Gasteiger partial charge on any atom is 0.227 e. The molecule has 3 heterocycles. The number of fused-ring (bicyclic) bond motifs is 2. The quantitative estimate of drug-likeness (QED) is 0.530. The maximum atomic E-state index is 4.80. The van der Waals surface area contributed by atoms with E-state index in [-0.39, 0.29) is 6.04 Å². The monoisotopic (exact) mass is 342 g/mol. The molecule has 6 nitrogen and oxygen atoms in total. The van der Waals surface area contributed by atoms with Gasteiger partial charge in [0.05, 0.1) is 11.4 Å². The van der Waals surface area contributed by atoms with Crippen molar-refractivity contribution in [1.29, 1.82) is 0 Å². The van der Waals surface area contributed by atoms with Gasteiger partial charge in [-0.2, -0.15) is 15.2 Å². The fraction of sp³-hybridized carbons (Fsp3) is 0.150. The highest BCUT2D eigenvalue weighted by Crippen LogP contribution is 2.41. The lowest BCUT2D eigenvalue weighted by molar-refractivity contribution is 0.590. The van der Waals surface area contributed by atoms with Crippen molar-refractivity contribution < 1.29 is 0 Å². The molecule has 1 aliphatic rings. The minimum atomic E-state index is -0.0539. The number of hydrogen-bond donors (Lipinski definition) is 1. The number of rotatable bonds is 2. The first-order chi connectivity index (χ1) is 12.7. The van der Waals surface area contributed by atoms with Crippen molar-refractivity contribution in [3.8, 4) is 5.69 Å². The minimum Gasteiger partial charge on any atom is -0.309 e. The van der Waals surface area contributed by atoms with E-state index >= 15 is 0 Å². The lowest BCUT2D eigenvalue weighted by Gasteiger charge is -2.26. The van der Waals surface area contributed by atoms with E-state index in [1.807, 2.05) is 34.5 Å². The van der Waals surface area contributed by atoms with E-state index in [1.54, 1.807) is 6.33 Å². The number of benzene rings is 2. The number of aryl methyl sites for hydroxylation is 2. The zero-order valence-corrected chi connectivity index (χ0v) is 14.6. The predicted octanol–water partition coefficient (Wildman–Crippen LogP) is 3.78. The van der Waals surface area contributed by atoms with Gasteiger partial charge in [-0.05, 0) is 31.5 Å². The molecule has 6 heteroatoms. The summed E-state index contributed by atoms with van der Waals surface area (Å²) in [6.45, 7) is 4.14. The van der Waals surface area contributed by atoms with Crippen molar-refractivity contribution in [1.82, 2.24) is 24.5 Å². The Morgan fingerprint density at radius 2 is 1.73 bits per heavy atom. The zero-order chi connectivity index (χ0) is 17.7. The van der Waals surface area contributed by atoms with Gasteiger partial charge in [0.25, 0.3) is 0 Å². The van der Waals surface area contributed by atoms with Gasteiger partial charge in [-0.25, -0.2) is 9.36 Å². The van der Waals surface area contributed by atoms with Crippen molar-refractivity contribution in [2.45, 2.75) is 19.9 Å². The molecule has 0 amide bonds. The van der Waals surface area contributed by atoms with Gasteiger partial charge in [-0.15, -0.1) is 0 Å². The largest absolute Gasteiger partial charge is 0.309 e. The molecule has 0 spiro atoms. The fourth-order valence-electron chi connectivity index (χ4n) is 3.56. The van der Waals surface area contributed by atoms with Crippen molar-refractivity contribution in [3.63, 3.8) is 0 Å². The van der Waals surface area contributed by atoms with E-state index in [1.165, 1.54) is 11.1 Å². The van der Waals surface area contributed by atoms with E-state index in [4.69, 9.17) is 5.10 Å². The molecule has 0 bridgehead atoms. The predicted molar refractivity (Wildman–Crippen MR) is 100 cm³/mol. The van der Waals surface area contributed by atoms with Crippen LogP contribution >= 0.6 is 0 Å². The number of nitrogens with zero attached hydrogens (tertiary/aromatic N) is 5. The van der Waals surface area contributed by atoms with E-state index in [2.05, 4.69) is 58.7 Å². The summed E-state index contributed by atoms with van der Waals surface area (Å²) in [6, 6.07) is 18.6. The van der Waals surface area contributed by atoms with Crippen LogP contribution in [0.15, 0.2) is 60.9 Å². The van der Waals surface area contributed by atoms with Gasteiger partial charge < -0.3 is 5.32 Å². The van der Waals surface area contributed by atoms with Crippen molar-refractivity contribution in [3.05, 3.63) is 83.3 Å². The molecule has 2 aromatic carbocycles. The molecule has 0 radical (unpaired) electrons. The van der Waals surface area contributed by atoms with Crippen LogP contribution in [0.4, 0.5) is 11.8 Å². The molecule has 1 unspecified atom stereocenters. The highest BCUT2D eigenvalue weighted by Gasteiger charge is 2.33. The van der Waals surface area contributed by atoms with Gasteiger partial charge in [-0.1, -0.05) is 48.0 Å². The Balaban J connectivity index is 1.75. The van der Waals surface area contributed by atoms with Gasteiger partial charge in [0.2, 0.25) is 5.95 Å². The highest BCUT2D eigenvalue weighted by atomic mass is 15.5. The summed E-state index contributed by atoms with van der Waals surface area (Å²) in [5.41, 5.74) is 5.51. The van der Waals surface area contributed by atoms with Crippen LogP contribution < -0.4 is 5.32 Å². The first-order valence-electron chi connectivity index (χ1n) is 8.60. The third-order valence-corrected chi connectivity index (χ3v) is 4.82. The second kappa shape index (κ2) is 5.56. The molecule has 1 N–H and O–H groups in total. The Labute approximate surface area is 151 Å². The summed E-state index contributed by atoms with van der Waals surface area (Å²) >= 11 is 0. The number of nitrogens with one attached hydrogen (secondary N) is 1. The molecule has 26 heavy (non-hydrogen) atoms. The summed E-state index contributed by atoms with van der Waals surface area (Å²) in [6.07, 6.45) is 1.59. The standard InChI is InChI=1S/C20H18N6/c1-13-8-10-15(11-9-13)18-17-14(2)24-25(16-6-4-3-5-7-16)19(17)23-20-21-12-22-26(18)20/h3-12,18H,1-2H3,(H,21,22,23). The van der Waals surface area contributed by atoms with Crippen LogP contribution in [0.25, 0.3) is 5.69 Å². The molecule has 1 aliphatic heterocycles. The van der Waals surface area contributed by atoms with Gasteiger partial charge in [0.1, 0.15) is 18.2 Å². The van der Waals surface area contributed by atoms with Gasteiger partial charge >= 0.3 is 0 Å². The van der Waals surface area contributed by atoms with E-state index in [0.717, 1.165) is 28.7 Å². The Morgan fingerprint density at radius 3 is 2.50 bits per heavy atom. The van der Waals surface area contributed by atoms with Crippen molar-refractivity contribution >= 4 is 11.8 Å². The lowest BCUT2D eigenvalue weighted by Crippen LogP contribution is -2.23. The molecule has 4 aromatic rings. The smallest absolute Gasteiger partial charge is 0.227 e. The van der Waals surface area contributed by atoms with Crippen LogP contribution in [0, 0.1) is 13.8 Å². The average molecular weight is 342 g/mol. The summed E-state index contributed by atoms with van der Waals surface area (Å²) in [5.74, 6) is 1.67. The first kappa shape index (κ1) is 14.9. The van der Waals surface area contributed by atoms with Crippen LogP contribution in [-0.2, 0) is 0 Å². The highest BCUT2D eigenvalue weighted by molar-refractivity contribution is 5.65. The Kier molecular flexibility index (Phi) is 3.18. The lowest BCUT2D eigenvalue weighted by atomic mass is 9.96. The first-order valence-corrected chi connectivity index (χ1v) is 8.60. The van der Waals surface area contributed by atoms with Crippen molar-refractivity contribution in [2.24, 2.45) is 0 Å². The molecule has 1 atom stereocenters.